The predicted octanol–water partition coefficient (Wildman–Crippen LogP) is 4.07. The summed E-state index contributed by atoms with van der Waals surface area (Å²) in [6.07, 6.45) is -0.427. The average molecular weight is 298 g/mol. The fourth-order valence-corrected chi connectivity index (χ4v) is 2.14. The van der Waals surface area contributed by atoms with Gasteiger partial charge in [-0.3, -0.25) is 4.40 Å². The molecule has 3 rings (SSSR count). The summed E-state index contributed by atoms with van der Waals surface area (Å²) in [5.74, 6) is 0. The Morgan fingerprint density at radius 2 is 1.90 bits per heavy atom. The van der Waals surface area contributed by atoms with Crippen molar-refractivity contribution in [2.75, 3.05) is 0 Å². The number of rotatable bonds is 1. The van der Waals surface area contributed by atoms with E-state index in [0.717, 1.165) is 12.3 Å². The minimum Gasteiger partial charge on any atom is -0.299 e. The van der Waals surface area contributed by atoms with E-state index in [0.29, 0.717) is 16.9 Å². The van der Waals surface area contributed by atoms with Crippen molar-refractivity contribution < 1.29 is 13.2 Å². The highest BCUT2D eigenvalue weighted by Crippen LogP contribution is 2.31. The standard InChI is InChI=1S/C13H7ClF3N3/c14-12-9(2-1-5-18-12)10-6-19-11-4-3-8(7-20(10)11)13(15,16)17/h1-7H. The third-order valence-electron chi connectivity index (χ3n) is 2.87. The maximum atomic E-state index is 12.8. The van der Waals surface area contributed by atoms with E-state index in [9.17, 15) is 13.2 Å². The number of aromatic nitrogens is 3. The molecule has 3 heterocycles. The van der Waals surface area contributed by atoms with E-state index in [-0.39, 0.29) is 5.15 Å². The maximum Gasteiger partial charge on any atom is 0.417 e. The van der Waals surface area contributed by atoms with Crippen LogP contribution in [-0.4, -0.2) is 14.4 Å². The molecule has 0 spiro atoms. The number of nitrogens with zero attached hydrogens (tertiary/aromatic N) is 3. The molecule has 3 aromatic rings. The largest absolute Gasteiger partial charge is 0.417 e. The van der Waals surface area contributed by atoms with Crippen molar-refractivity contribution in [2.24, 2.45) is 0 Å². The summed E-state index contributed by atoms with van der Waals surface area (Å²) < 4.78 is 39.6. The third kappa shape index (κ3) is 2.12. The van der Waals surface area contributed by atoms with Crippen LogP contribution in [-0.2, 0) is 6.18 Å². The third-order valence-corrected chi connectivity index (χ3v) is 3.17. The first-order chi connectivity index (χ1) is 9.47. The number of fused-ring (bicyclic) bond motifs is 1. The zero-order chi connectivity index (χ0) is 14.3. The molecule has 0 aliphatic carbocycles. The summed E-state index contributed by atoms with van der Waals surface area (Å²) in [7, 11) is 0. The van der Waals surface area contributed by atoms with E-state index in [1.807, 2.05) is 0 Å². The summed E-state index contributed by atoms with van der Waals surface area (Å²) in [6.45, 7) is 0. The Labute approximate surface area is 116 Å². The zero-order valence-corrected chi connectivity index (χ0v) is 10.7. The molecular formula is C13H7ClF3N3. The predicted molar refractivity (Wildman–Crippen MR) is 68.4 cm³/mol. The van der Waals surface area contributed by atoms with E-state index >= 15 is 0 Å². The molecular weight excluding hydrogens is 291 g/mol. The maximum absolute atomic E-state index is 12.8. The lowest BCUT2D eigenvalue weighted by molar-refractivity contribution is -0.137. The molecule has 0 atom stereocenters. The van der Waals surface area contributed by atoms with E-state index in [4.69, 9.17) is 11.6 Å². The van der Waals surface area contributed by atoms with Gasteiger partial charge in [-0.2, -0.15) is 13.2 Å². The molecule has 7 heteroatoms. The normalized spacial score (nSPS) is 12.0. The summed E-state index contributed by atoms with van der Waals surface area (Å²) in [5.41, 5.74) is 0.655. The van der Waals surface area contributed by atoms with Crippen molar-refractivity contribution in [3.05, 3.63) is 53.6 Å². The zero-order valence-electron chi connectivity index (χ0n) is 9.89. The van der Waals surface area contributed by atoms with Crippen LogP contribution in [0.25, 0.3) is 16.9 Å². The molecule has 0 aliphatic rings. The summed E-state index contributed by atoms with van der Waals surface area (Å²) in [6, 6.07) is 5.65. The molecule has 0 aliphatic heterocycles. The lowest BCUT2D eigenvalue weighted by atomic mass is 10.2. The van der Waals surface area contributed by atoms with Crippen LogP contribution in [0.2, 0.25) is 5.15 Å². The van der Waals surface area contributed by atoms with Crippen LogP contribution in [0.1, 0.15) is 5.56 Å². The molecule has 3 nitrogen and oxygen atoms in total. The van der Waals surface area contributed by atoms with Gasteiger partial charge in [-0.05, 0) is 24.3 Å². The van der Waals surface area contributed by atoms with Crippen molar-refractivity contribution in [2.45, 2.75) is 6.18 Å². The van der Waals surface area contributed by atoms with Crippen LogP contribution in [0.4, 0.5) is 13.2 Å². The van der Waals surface area contributed by atoms with Gasteiger partial charge in [-0.1, -0.05) is 11.6 Å². The lowest BCUT2D eigenvalue weighted by Gasteiger charge is -2.08. The highest BCUT2D eigenvalue weighted by Gasteiger charge is 2.31. The monoisotopic (exact) mass is 297 g/mol. The lowest BCUT2D eigenvalue weighted by Crippen LogP contribution is -2.06. The Kier molecular flexibility index (Phi) is 2.90. The summed E-state index contributed by atoms with van der Waals surface area (Å²) >= 11 is 5.97. The first kappa shape index (κ1) is 12.9. The van der Waals surface area contributed by atoms with Crippen molar-refractivity contribution in [1.29, 1.82) is 0 Å². The summed E-state index contributed by atoms with van der Waals surface area (Å²) in [4.78, 5) is 7.98. The van der Waals surface area contributed by atoms with Crippen LogP contribution < -0.4 is 0 Å². The first-order valence-electron chi connectivity index (χ1n) is 5.62. The van der Waals surface area contributed by atoms with Gasteiger partial charge in [0.2, 0.25) is 0 Å². The smallest absolute Gasteiger partial charge is 0.299 e. The van der Waals surface area contributed by atoms with Gasteiger partial charge in [0.05, 0.1) is 17.5 Å². The highest BCUT2D eigenvalue weighted by molar-refractivity contribution is 6.32. The van der Waals surface area contributed by atoms with Gasteiger partial charge in [0.15, 0.2) is 0 Å². The topological polar surface area (TPSA) is 30.2 Å². The highest BCUT2D eigenvalue weighted by atomic mass is 35.5. The van der Waals surface area contributed by atoms with Gasteiger partial charge in [0.25, 0.3) is 0 Å². The average Bonchev–Trinajstić information content (AvgIpc) is 2.81. The number of alkyl halides is 3. The molecule has 0 N–H and O–H groups in total. The number of imidazole rings is 1. The Hall–Kier alpha value is -2.08. The molecule has 0 saturated carbocycles. The number of hydrogen-bond donors (Lipinski definition) is 0. The van der Waals surface area contributed by atoms with E-state index in [2.05, 4.69) is 9.97 Å². The minimum absolute atomic E-state index is 0.215. The fourth-order valence-electron chi connectivity index (χ4n) is 1.92. The van der Waals surface area contributed by atoms with Crippen molar-refractivity contribution >= 4 is 17.2 Å². The van der Waals surface area contributed by atoms with Crippen molar-refractivity contribution in [3.8, 4) is 11.3 Å². The Morgan fingerprint density at radius 1 is 1.10 bits per heavy atom. The van der Waals surface area contributed by atoms with Crippen LogP contribution >= 0.6 is 11.6 Å². The molecule has 0 unspecified atom stereocenters. The second-order valence-corrected chi connectivity index (χ2v) is 4.49. The molecule has 0 aromatic carbocycles. The molecule has 0 amide bonds. The van der Waals surface area contributed by atoms with Gasteiger partial charge in [-0.25, -0.2) is 9.97 Å². The molecule has 3 aromatic heterocycles. The second kappa shape index (κ2) is 4.49. The van der Waals surface area contributed by atoms with Crippen LogP contribution in [0, 0.1) is 0 Å². The van der Waals surface area contributed by atoms with Gasteiger partial charge in [0, 0.05) is 18.0 Å². The Balaban J connectivity index is 2.25. The van der Waals surface area contributed by atoms with Crippen LogP contribution in [0.5, 0.6) is 0 Å². The van der Waals surface area contributed by atoms with Gasteiger partial charge < -0.3 is 0 Å². The molecule has 20 heavy (non-hydrogen) atoms. The van der Waals surface area contributed by atoms with Gasteiger partial charge >= 0.3 is 6.18 Å². The van der Waals surface area contributed by atoms with E-state index in [1.165, 1.54) is 22.9 Å². The number of pyridine rings is 2. The van der Waals surface area contributed by atoms with Gasteiger partial charge in [0.1, 0.15) is 10.8 Å². The minimum atomic E-state index is -4.41. The summed E-state index contributed by atoms with van der Waals surface area (Å²) in [5, 5.41) is 0.215. The van der Waals surface area contributed by atoms with Crippen LogP contribution in [0.15, 0.2) is 42.9 Å². The van der Waals surface area contributed by atoms with Crippen molar-refractivity contribution in [1.82, 2.24) is 14.4 Å². The second-order valence-electron chi connectivity index (χ2n) is 4.13. The molecule has 0 radical (unpaired) electrons. The number of hydrogen-bond acceptors (Lipinski definition) is 2. The molecule has 0 saturated heterocycles. The quantitative estimate of drug-likeness (QED) is 0.634. The van der Waals surface area contributed by atoms with Gasteiger partial charge in [-0.15, -0.1) is 0 Å². The van der Waals surface area contributed by atoms with Crippen LogP contribution in [0.3, 0.4) is 0 Å². The molecule has 0 fully saturated rings. The molecule has 0 bridgehead atoms. The molecule has 102 valence electrons. The fraction of sp³-hybridized carbons (Fsp3) is 0.0769. The van der Waals surface area contributed by atoms with Crippen molar-refractivity contribution in [3.63, 3.8) is 0 Å². The Morgan fingerprint density at radius 3 is 2.60 bits per heavy atom. The number of halogens is 4. The Bertz CT molecular complexity index is 780. The first-order valence-corrected chi connectivity index (χ1v) is 6.00. The SMILES string of the molecule is FC(F)(F)c1ccc2ncc(-c3cccnc3Cl)n2c1. The van der Waals surface area contributed by atoms with E-state index < -0.39 is 11.7 Å². The van der Waals surface area contributed by atoms with E-state index in [1.54, 1.807) is 12.1 Å².